The fraction of sp³-hybridized carbons (Fsp3) is 0.200. The molecule has 0 atom stereocenters. The number of anilines is 1. The van der Waals surface area contributed by atoms with Gasteiger partial charge in [0.05, 0.1) is 18.2 Å². The van der Waals surface area contributed by atoms with Gasteiger partial charge in [0.25, 0.3) is 0 Å². The first-order valence-electron chi connectivity index (χ1n) is 6.07. The van der Waals surface area contributed by atoms with E-state index < -0.39 is 0 Å². The molecule has 0 fully saturated rings. The first-order chi connectivity index (χ1) is 9.26. The van der Waals surface area contributed by atoms with E-state index in [0.717, 1.165) is 16.5 Å². The summed E-state index contributed by atoms with van der Waals surface area (Å²) in [6.45, 7) is 2.26. The monoisotopic (exact) mass is 254 g/mol. The van der Waals surface area contributed by atoms with Crippen molar-refractivity contribution in [3.05, 3.63) is 42.0 Å². The molecular formula is C15H14N2O2. The highest BCUT2D eigenvalue weighted by Crippen LogP contribution is 2.26. The average molecular weight is 254 g/mol. The van der Waals surface area contributed by atoms with E-state index in [1.165, 1.54) is 0 Å². The van der Waals surface area contributed by atoms with E-state index in [1.54, 1.807) is 19.1 Å². The molecule has 2 rings (SSSR count). The summed E-state index contributed by atoms with van der Waals surface area (Å²) in [5, 5.41) is 13.9. The number of nitriles is 1. The molecule has 1 N–H and O–H groups in total. The van der Waals surface area contributed by atoms with Gasteiger partial charge in [0, 0.05) is 16.5 Å². The maximum atomic E-state index is 11.3. The minimum atomic E-state index is -0.295. The van der Waals surface area contributed by atoms with Crippen LogP contribution in [-0.2, 0) is 9.53 Å². The van der Waals surface area contributed by atoms with Crippen molar-refractivity contribution in [1.82, 2.24) is 0 Å². The molecule has 0 aliphatic carbocycles. The van der Waals surface area contributed by atoms with Crippen LogP contribution in [0.5, 0.6) is 0 Å². The summed E-state index contributed by atoms with van der Waals surface area (Å²) >= 11 is 0. The molecule has 0 bridgehead atoms. The average Bonchev–Trinajstić information content (AvgIpc) is 2.45. The second-order valence-electron chi connectivity index (χ2n) is 3.98. The standard InChI is InChI=1S/C15H14N2O2/c1-2-19-15(18)10-17-14-8-7-11(9-16)12-5-3-4-6-13(12)14/h3-8,17H,2,10H2,1H3. The van der Waals surface area contributed by atoms with E-state index in [1.807, 2.05) is 24.3 Å². The Balaban J connectivity index is 2.30. The second kappa shape index (κ2) is 5.87. The summed E-state index contributed by atoms with van der Waals surface area (Å²) < 4.78 is 4.87. The van der Waals surface area contributed by atoms with Crippen LogP contribution in [-0.4, -0.2) is 19.1 Å². The molecule has 0 aliphatic rings. The Kier molecular flexibility index (Phi) is 3.99. The summed E-state index contributed by atoms with van der Waals surface area (Å²) in [5.74, 6) is -0.295. The van der Waals surface area contributed by atoms with Gasteiger partial charge in [-0.05, 0) is 19.1 Å². The lowest BCUT2D eigenvalue weighted by Crippen LogP contribution is -2.16. The van der Waals surface area contributed by atoms with Crippen LogP contribution in [0.25, 0.3) is 10.8 Å². The zero-order chi connectivity index (χ0) is 13.7. The van der Waals surface area contributed by atoms with Crippen LogP contribution in [0.2, 0.25) is 0 Å². The van der Waals surface area contributed by atoms with Gasteiger partial charge in [-0.25, -0.2) is 0 Å². The van der Waals surface area contributed by atoms with E-state index in [9.17, 15) is 4.79 Å². The molecule has 4 heteroatoms. The van der Waals surface area contributed by atoms with E-state index in [4.69, 9.17) is 10.00 Å². The molecule has 0 aromatic heterocycles. The second-order valence-corrected chi connectivity index (χ2v) is 3.98. The van der Waals surface area contributed by atoms with Crippen molar-refractivity contribution in [2.75, 3.05) is 18.5 Å². The van der Waals surface area contributed by atoms with Crippen molar-refractivity contribution in [3.8, 4) is 6.07 Å². The predicted octanol–water partition coefficient (Wildman–Crippen LogP) is 2.69. The minimum absolute atomic E-state index is 0.115. The Labute approximate surface area is 111 Å². The van der Waals surface area contributed by atoms with Crippen LogP contribution in [0, 0.1) is 11.3 Å². The van der Waals surface area contributed by atoms with E-state index >= 15 is 0 Å². The van der Waals surface area contributed by atoms with Gasteiger partial charge in [-0.1, -0.05) is 24.3 Å². The first-order valence-corrected chi connectivity index (χ1v) is 6.07. The molecule has 19 heavy (non-hydrogen) atoms. The lowest BCUT2D eigenvalue weighted by Gasteiger charge is -2.10. The number of carbonyl (C=O) groups excluding carboxylic acids is 1. The quantitative estimate of drug-likeness (QED) is 0.852. The summed E-state index contributed by atoms with van der Waals surface area (Å²) in [5.41, 5.74) is 1.44. The van der Waals surface area contributed by atoms with Crippen LogP contribution < -0.4 is 5.32 Å². The van der Waals surface area contributed by atoms with E-state index in [2.05, 4.69) is 11.4 Å². The number of rotatable bonds is 4. The van der Waals surface area contributed by atoms with Crippen molar-refractivity contribution in [2.24, 2.45) is 0 Å². The molecule has 2 aromatic carbocycles. The number of fused-ring (bicyclic) bond motifs is 1. The zero-order valence-corrected chi connectivity index (χ0v) is 10.6. The number of carbonyl (C=O) groups is 1. The predicted molar refractivity (Wildman–Crippen MR) is 73.8 cm³/mol. The zero-order valence-electron chi connectivity index (χ0n) is 10.6. The highest BCUT2D eigenvalue weighted by Gasteiger charge is 2.07. The van der Waals surface area contributed by atoms with Gasteiger partial charge in [0.1, 0.15) is 6.54 Å². The van der Waals surface area contributed by atoms with Crippen LogP contribution in [0.1, 0.15) is 12.5 Å². The van der Waals surface area contributed by atoms with E-state index in [0.29, 0.717) is 12.2 Å². The van der Waals surface area contributed by atoms with Crippen molar-refractivity contribution >= 4 is 22.4 Å². The van der Waals surface area contributed by atoms with Gasteiger partial charge in [-0.3, -0.25) is 4.79 Å². The van der Waals surface area contributed by atoms with Gasteiger partial charge in [0.15, 0.2) is 0 Å². The van der Waals surface area contributed by atoms with Gasteiger partial charge < -0.3 is 10.1 Å². The van der Waals surface area contributed by atoms with Gasteiger partial charge in [0.2, 0.25) is 0 Å². The molecule has 0 aliphatic heterocycles. The maximum Gasteiger partial charge on any atom is 0.325 e. The highest BCUT2D eigenvalue weighted by atomic mass is 16.5. The summed E-state index contributed by atoms with van der Waals surface area (Å²) in [4.78, 5) is 11.3. The van der Waals surface area contributed by atoms with Gasteiger partial charge >= 0.3 is 5.97 Å². The van der Waals surface area contributed by atoms with E-state index in [-0.39, 0.29) is 12.5 Å². The number of esters is 1. The molecule has 0 amide bonds. The van der Waals surface area contributed by atoms with Crippen molar-refractivity contribution in [3.63, 3.8) is 0 Å². The molecule has 0 unspecified atom stereocenters. The number of ether oxygens (including phenoxy) is 1. The minimum Gasteiger partial charge on any atom is -0.465 e. The van der Waals surface area contributed by atoms with Crippen LogP contribution in [0.4, 0.5) is 5.69 Å². The Morgan fingerprint density at radius 3 is 2.68 bits per heavy atom. The number of nitrogens with one attached hydrogen (secondary N) is 1. The van der Waals surface area contributed by atoms with Gasteiger partial charge in [-0.15, -0.1) is 0 Å². The smallest absolute Gasteiger partial charge is 0.325 e. The summed E-state index contributed by atoms with van der Waals surface area (Å²) in [6.07, 6.45) is 0. The molecule has 0 saturated heterocycles. The number of nitrogens with zero attached hydrogens (tertiary/aromatic N) is 1. The molecule has 0 radical (unpaired) electrons. The third-order valence-electron chi connectivity index (χ3n) is 2.77. The van der Waals surface area contributed by atoms with Crippen LogP contribution >= 0.6 is 0 Å². The normalized spacial score (nSPS) is 9.89. The Morgan fingerprint density at radius 1 is 1.26 bits per heavy atom. The fourth-order valence-corrected chi connectivity index (χ4v) is 1.93. The molecule has 96 valence electrons. The summed E-state index contributed by atoms with van der Waals surface area (Å²) in [7, 11) is 0. The highest BCUT2D eigenvalue weighted by molar-refractivity contribution is 5.98. The maximum absolute atomic E-state index is 11.3. The molecule has 0 saturated carbocycles. The van der Waals surface area contributed by atoms with Crippen molar-refractivity contribution < 1.29 is 9.53 Å². The van der Waals surface area contributed by atoms with Crippen LogP contribution in [0.15, 0.2) is 36.4 Å². The largest absolute Gasteiger partial charge is 0.465 e. The lowest BCUT2D eigenvalue weighted by atomic mass is 10.0. The topological polar surface area (TPSA) is 62.1 Å². The van der Waals surface area contributed by atoms with Crippen molar-refractivity contribution in [1.29, 1.82) is 5.26 Å². The molecular weight excluding hydrogens is 240 g/mol. The first kappa shape index (κ1) is 12.9. The Hall–Kier alpha value is -2.54. The fourth-order valence-electron chi connectivity index (χ4n) is 1.93. The van der Waals surface area contributed by atoms with Crippen LogP contribution in [0.3, 0.4) is 0 Å². The third-order valence-corrected chi connectivity index (χ3v) is 2.77. The summed E-state index contributed by atoms with van der Waals surface area (Å²) in [6, 6.07) is 13.3. The van der Waals surface area contributed by atoms with Crippen molar-refractivity contribution in [2.45, 2.75) is 6.92 Å². The number of hydrogen-bond donors (Lipinski definition) is 1. The molecule has 2 aromatic rings. The number of benzene rings is 2. The van der Waals surface area contributed by atoms with Gasteiger partial charge in [-0.2, -0.15) is 5.26 Å². The molecule has 4 nitrogen and oxygen atoms in total. The Bertz CT molecular complexity index is 644. The third kappa shape index (κ3) is 2.83. The Morgan fingerprint density at radius 2 is 2.00 bits per heavy atom. The molecule has 0 heterocycles. The lowest BCUT2D eigenvalue weighted by molar-refractivity contribution is -0.140. The number of hydrogen-bond acceptors (Lipinski definition) is 4. The SMILES string of the molecule is CCOC(=O)CNc1ccc(C#N)c2ccccc12. The molecule has 0 spiro atoms.